The molecule has 14 heteroatoms. The number of aliphatic hydroxyl groups excluding tert-OH is 7. The molecule has 0 aromatic carbocycles. The molecule has 1 rings (SSSR count). The van der Waals surface area contributed by atoms with E-state index in [1.807, 2.05) is 0 Å². The summed E-state index contributed by atoms with van der Waals surface area (Å²) < 4.78 is 22.9. The molecule has 0 heterocycles. The van der Waals surface area contributed by atoms with E-state index in [-0.39, 0.29) is 6.42 Å². The first-order valence-corrected chi connectivity index (χ1v) is 27.7. The maximum atomic E-state index is 13.0. The van der Waals surface area contributed by atoms with Gasteiger partial charge in [-0.3, -0.25) is 13.8 Å². The van der Waals surface area contributed by atoms with Crippen LogP contribution in [0.3, 0.4) is 0 Å². The molecule has 1 amide bonds. The van der Waals surface area contributed by atoms with Crippen LogP contribution in [0.15, 0.2) is 48.6 Å². The minimum atomic E-state index is -5.16. The number of amides is 1. The Morgan fingerprint density at radius 2 is 0.894 bits per heavy atom. The van der Waals surface area contributed by atoms with Gasteiger partial charge in [0.15, 0.2) is 0 Å². The first-order chi connectivity index (χ1) is 31.8. The minimum absolute atomic E-state index is 0.262. The van der Waals surface area contributed by atoms with Crippen LogP contribution in [0.5, 0.6) is 0 Å². The number of aliphatic hydroxyl groups is 7. The highest BCUT2D eigenvalue weighted by molar-refractivity contribution is 7.47. The van der Waals surface area contributed by atoms with Gasteiger partial charge in [0.1, 0.15) is 36.6 Å². The highest BCUT2D eigenvalue weighted by atomic mass is 31.2. The van der Waals surface area contributed by atoms with Crippen LogP contribution in [-0.4, -0.2) is 108 Å². The molecular formula is C52H96NO12P. The second kappa shape index (κ2) is 41.1. The van der Waals surface area contributed by atoms with Crippen LogP contribution >= 0.6 is 7.82 Å². The van der Waals surface area contributed by atoms with Crippen molar-refractivity contribution >= 4 is 13.7 Å². The van der Waals surface area contributed by atoms with Crippen LogP contribution in [0, 0.1) is 0 Å². The van der Waals surface area contributed by atoms with Crippen molar-refractivity contribution in [3.8, 4) is 0 Å². The molecule has 8 atom stereocenters. The fourth-order valence-corrected chi connectivity index (χ4v) is 9.06. The number of carbonyl (C=O) groups excluding carboxylic acids is 1. The summed E-state index contributed by atoms with van der Waals surface area (Å²) in [4.78, 5) is 23.5. The molecule has 8 unspecified atom stereocenters. The lowest BCUT2D eigenvalue weighted by atomic mass is 9.85. The number of allylic oxidation sites excluding steroid dienone is 7. The quantitative estimate of drug-likeness (QED) is 0.0158. The van der Waals surface area contributed by atoms with Gasteiger partial charge in [-0.25, -0.2) is 4.57 Å². The van der Waals surface area contributed by atoms with E-state index in [1.54, 1.807) is 6.08 Å². The molecular weight excluding hydrogens is 862 g/mol. The van der Waals surface area contributed by atoms with Crippen LogP contribution in [0.2, 0.25) is 0 Å². The van der Waals surface area contributed by atoms with E-state index in [0.717, 1.165) is 64.2 Å². The molecule has 0 saturated heterocycles. The smallest absolute Gasteiger partial charge is 0.393 e. The van der Waals surface area contributed by atoms with Gasteiger partial charge in [0.2, 0.25) is 5.91 Å². The van der Waals surface area contributed by atoms with Crippen molar-refractivity contribution in [1.82, 2.24) is 5.32 Å². The zero-order valence-electron chi connectivity index (χ0n) is 41.1. The van der Waals surface area contributed by atoms with Gasteiger partial charge >= 0.3 is 7.82 Å². The SMILES string of the molecule is CCCCCCCCCC/C=C\CCCCCCCC(O)CC(=O)NC(COP(=O)(O)OC1C(O)C(O)C(O)C(O)C1O)C(O)/C=C/CC/C=C/CC/C=C/CCCCCCCCCCC. The van der Waals surface area contributed by atoms with E-state index in [1.165, 1.54) is 115 Å². The van der Waals surface area contributed by atoms with E-state index in [4.69, 9.17) is 9.05 Å². The Bertz CT molecular complexity index is 1310. The van der Waals surface area contributed by atoms with E-state index in [0.29, 0.717) is 19.3 Å². The fourth-order valence-electron chi connectivity index (χ4n) is 8.09. The van der Waals surface area contributed by atoms with Crippen LogP contribution in [0.25, 0.3) is 0 Å². The second-order valence-corrected chi connectivity index (χ2v) is 19.9. The maximum absolute atomic E-state index is 13.0. The number of hydrogen-bond donors (Lipinski definition) is 9. The Morgan fingerprint density at radius 1 is 0.530 bits per heavy atom. The third-order valence-corrected chi connectivity index (χ3v) is 13.3. The van der Waals surface area contributed by atoms with Crippen LogP contribution in [-0.2, 0) is 18.4 Å². The number of phosphoric acid groups is 1. The summed E-state index contributed by atoms with van der Waals surface area (Å²) in [5.41, 5.74) is 0. The monoisotopic (exact) mass is 958 g/mol. The zero-order valence-corrected chi connectivity index (χ0v) is 42.0. The Morgan fingerprint density at radius 3 is 1.33 bits per heavy atom. The third kappa shape index (κ3) is 32.1. The molecule has 66 heavy (non-hydrogen) atoms. The lowest BCUT2D eigenvalue weighted by Gasteiger charge is -2.41. The van der Waals surface area contributed by atoms with Crippen molar-refractivity contribution in [1.29, 1.82) is 0 Å². The van der Waals surface area contributed by atoms with Gasteiger partial charge in [-0.1, -0.05) is 184 Å². The Hall–Kier alpha value is -1.74. The van der Waals surface area contributed by atoms with Crippen molar-refractivity contribution in [2.45, 2.75) is 268 Å². The molecule has 0 aliphatic heterocycles. The van der Waals surface area contributed by atoms with Gasteiger partial charge in [-0.15, -0.1) is 0 Å². The predicted molar refractivity (Wildman–Crippen MR) is 266 cm³/mol. The topological polar surface area (TPSA) is 226 Å². The highest BCUT2D eigenvalue weighted by Crippen LogP contribution is 2.47. The highest BCUT2D eigenvalue weighted by Gasteiger charge is 2.51. The lowest BCUT2D eigenvalue weighted by molar-refractivity contribution is -0.220. The third-order valence-electron chi connectivity index (χ3n) is 12.4. The Labute approximate surface area is 399 Å². The number of nitrogens with one attached hydrogen (secondary N) is 1. The standard InChI is InChI=1S/C52H96NO12P/c1-3-5-7-9-11-13-15-17-19-21-22-24-26-28-30-32-34-36-38-40-45(55)44(42-64-66(62,63)65-52-50(60)48(58)47(57)49(59)51(52)61)53-46(56)41-43(54)39-37-35-33-31-29-27-25-23-20-18-16-14-12-10-8-6-4-2/h22-25,30,32,38,40,43-45,47-52,54-55,57-61H,3-21,26-29,31,33-37,39,41-42H2,1-2H3,(H,53,56)(H,62,63)/b24-22+,25-23-,32-30+,40-38+. The normalized spacial score (nSPS) is 22.8. The average molecular weight is 958 g/mol. The summed E-state index contributed by atoms with van der Waals surface area (Å²) in [6.45, 7) is 3.74. The largest absolute Gasteiger partial charge is 0.472 e. The number of phosphoric ester groups is 1. The first-order valence-electron chi connectivity index (χ1n) is 26.2. The Kier molecular flexibility index (Phi) is 38.8. The van der Waals surface area contributed by atoms with Crippen LogP contribution in [0.4, 0.5) is 0 Å². The van der Waals surface area contributed by atoms with Gasteiger partial charge < -0.3 is 46.0 Å². The van der Waals surface area contributed by atoms with Gasteiger partial charge in [0.25, 0.3) is 0 Å². The van der Waals surface area contributed by atoms with Gasteiger partial charge in [-0.05, 0) is 70.6 Å². The lowest BCUT2D eigenvalue weighted by Crippen LogP contribution is -2.64. The van der Waals surface area contributed by atoms with Gasteiger partial charge in [-0.2, -0.15) is 0 Å². The van der Waals surface area contributed by atoms with Crippen molar-refractivity contribution in [2.24, 2.45) is 0 Å². The molecule has 9 N–H and O–H groups in total. The summed E-state index contributed by atoms with van der Waals surface area (Å²) in [5, 5.41) is 74.6. The van der Waals surface area contributed by atoms with Crippen molar-refractivity contribution < 1.29 is 59.0 Å². The van der Waals surface area contributed by atoms with Crippen molar-refractivity contribution in [3.63, 3.8) is 0 Å². The number of carbonyl (C=O) groups is 1. The van der Waals surface area contributed by atoms with Gasteiger partial charge in [0.05, 0.1) is 31.3 Å². The first kappa shape index (κ1) is 62.3. The summed E-state index contributed by atoms with van der Waals surface area (Å²) in [5.74, 6) is -0.612. The number of unbranched alkanes of at least 4 members (excludes halogenated alkanes) is 24. The number of rotatable bonds is 43. The molecule has 386 valence electrons. The molecule has 0 radical (unpaired) electrons. The van der Waals surface area contributed by atoms with E-state index < -0.39 is 75.2 Å². The van der Waals surface area contributed by atoms with Gasteiger partial charge in [0, 0.05) is 0 Å². The summed E-state index contributed by atoms with van der Waals surface area (Å²) in [6.07, 6.45) is 36.2. The molecule has 1 aliphatic carbocycles. The fraction of sp³-hybridized carbons (Fsp3) is 0.827. The number of hydrogen-bond acceptors (Lipinski definition) is 11. The molecule has 0 bridgehead atoms. The molecule has 1 aliphatic rings. The molecule has 13 nitrogen and oxygen atoms in total. The minimum Gasteiger partial charge on any atom is -0.393 e. The summed E-state index contributed by atoms with van der Waals surface area (Å²) in [7, 11) is -5.16. The predicted octanol–water partition coefficient (Wildman–Crippen LogP) is 9.87. The van der Waals surface area contributed by atoms with Crippen LogP contribution in [0.1, 0.15) is 213 Å². The van der Waals surface area contributed by atoms with E-state index in [2.05, 4.69) is 55.6 Å². The average Bonchev–Trinajstić information content (AvgIpc) is 3.29. The molecule has 0 aromatic rings. The molecule has 1 saturated carbocycles. The van der Waals surface area contributed by atoms with Crippen molar-refractivity contribution in [2.75, 3.05) is 6.61 Å². The second-order valence-electron chi connectivity index (χ2n) is 18.5. The molecule has 0 spiro atoms. The molecule has 1 fully saturated rings. The van der Waals surface area contributed by atoms with E-state index in [9.17, 15) is 50.0 Å². The van der Waals surface area contributed by atoms with Crippen molar-refractivity contribution in [3.05, 3.63) is 48.6 Å². The maximum Gasteiger partial charge on any atom is 0.472 e. The molecule has 0 aromatic heterocycles. The van der Waals surface area contributed by atoms with Crippen LogP contribution < -0.4 is 5.32 Å². The zero-order chi connectivity index (χ0) is 48.7. The summed E-state index contributed by atoms with van der Waals surface area (Å²) >= 11 is 0. The summed E-state index contributed by atoms with van der Waals surface area (Å²) in [6, 6.07) is -1.27. The van der Waals surface area contributed by atoms with E-state index >= 15 is 0 Å². The Balaban J connectivity index is 2.53.